The predicted molar refractivity (Wildman–Crippen MR) is 54.4 cm³/mol. The second-order valence-corrected chi connectivity index (χ2v) is 3.52. The van der Waals surface area contributed by atoms with Gasteiger partial charge in [0.2, 0.25) is 0 Å². The summed E-state index contributed by atoms with van der Waals surface area (Å²) in [4.78, 5) is 0. The van der Waals surface area contributed by atoms with Crippen LogP contribution < -0.4 is 10.1 Å². The van der Waals surface area contributed by atoms with Crippen LogP contribution >= 0.6 is 0 Å². The molecule has 0 unspecified atom stereocenters. The molecule has 1 fully saturated rings. The van der Waals surface area contributed by atoms with E-state index in [-0.39, 0.29) is 17.7 Å². The Bertz CT molecular complexity index is 339. The largest absolute Gasteiger partial charge is 0.494 e. The van der Waals surface area contributed by atoms with Gasteiger partial charge >= 0.3 is 0 Å². The summed E-state index contributed by atoms with van der Waals surface area (Å²) in [5.74, 6) is -0.0601. The molecule has 0 aliphatic carbocycles. The molecule has 4 heteroatoms. The Kier molecular flexibility index (Phi) is 3.18. The number of rotatable bonds is 4. The Morgan fingerprint density at radius 3 is 2.87 bits per heavy atom. The van der Waals surface area contributed by atoms with E-state index in [1.165, 1.54) is 7.11 Å². The minimum Gasteiger partial charge on any atom is -0.494 e. The van der Waals surface area contributed by atoms with Crippen LogP contribution in [0.5, 0.6) is 5.75 Å². The number of hydrogen-bond acceptors (Lipinski definition) is 3. The Labute approximate surface area is 88.2 Å². The number of halogens is 1. The van der Waals surface area contributed by atoms with E-state index in [1.807, 2.05) is 0 Å². The first kappa shape index (κ1) is 10.4. The summed E-state index contributed by atoms with van der Waals surface area (Å²) < 4.78 is 24.0. The zero-order valence-corrected chi connectivity index (χ0v) is 8.63. The van der Waals surface area contributed by atoms with Gasteiger partial charge in [0.1, 0.15) is 0 Å². The van der Waals surface area contributed by atoms with E-state index in [4.69, 9.17) is 9.47 Å². The summed E-state index contributed by atoms with van der Waals surface area (Å²) in [5.41, 5.74) is 0.543. The highest BCUT2D eigenvalue weighted by atomic mass is 19.1. The summed E-state index contributed by atoms with van der Waals surface area (Å²) in [5, 5.41) is 3.09. The third kappa shape index (κ3) is 2.27. The predicted octanol–water partition coefficient (Wildman–Crippen LogP) is 1.32. The van der Waals surface area contributed by atoms with Crippen LogP contribution in [0.1, 0.15) is 5.56 Å². The second-order valence-electron chi connectivity index (χ2n) is 3.52. The number of hydrogen-bond donors (Lipinski definition) is 1. The molecule has 0 radical (unpaired) electrons. The molecule has 0 atom stereocenters. The van der Waals surface area contributed by atoms with Crippen LogP contribution in [0.15, 0.2) is 18.2 Å². The molecule has 1 aliphatic heterocycles. The van der Waals surface area contributed by atoms with Crippen molar-refractivity contribution in [3.8, 4) is 5.75 Å². The fourth-order valence-electron chi connectivity index (χ4n) is 1.41. The number of ether oxygens (including phenoxy) is 2. The van der Waals surface area contributed by atoms with Crippen molar-refractivity contribution in [3.05, 3.63) is 29.6 Å². The molecule has 1 aromatic rings. The highest BCUT2D eigenvalue weighted by Crippen LogP contribution is 2.21. The van der Waals surface area contributed by atoms with E-state index in [1.54, 1.807) is 18.2 Å². The van der Waals surface area contributed by atoms with Gasteiger partial charge in [0.25, 0.3) is 0 Å². The molecule has 1 aromatic carbocycles. The van der Waals surface area contributed by atoms with Gasteiger partial charge in [-0.1, -0.05) is 12.1 Å². The quantitative estimate of drug-likeness (QED) is 0.814. The average molecular weight is 211 g/mol. The molecule has 82 valence electrons. The van der Waals surface area contributed by atoms with Crippen LogP contribution in [-0.2, 0) is 11.3 Å². The normalized spacial score (nSPS) is 16.1. The highest BCUT2D eigenvalue weighted by molar-refractivity contribution is 5.30. The summed E-state index contributed by atoms with van der Waals surface area (Å²) >= 11 is 0. The number of methoxy groups -OCH3 is 1. The zero-order valence-electron chi connectivity index (χ0n) is 8.63. The maximum atomic E-state index is 13.6. The van der Waals surface area contributed by atoms with E-state index in [2.05, 4.69) is 5.32 Å². The molecule has 1 heterocycles. The molecule has 0 amide bonds. The minimum atomic E-state index is -0.327. The van der Waals surface area contributed by atoms with Crippen molar-refractivity contribution in [1.29, 1.82) is 0 Å². The topological polar surface area (TPSA) is 30.5 Å². The molecule has 2 rings (SSSR count). The van der Waals surface area contributed by atoms with Crippen molar-refractivity contribution in [2.45, 2.75) is 12.7 Å². The summed E-state index contributed by atoms with van der Waals surface area (Å²) in [6, 6.07) is 5.08. The maximum Gasteiger partial charge on any atom is 0.170 e. The van der Waals surface area contributed by atoms with Crippen molar-refractivity contribution in [2.24, 2.45) is 0 Å². The van der Waals surface area contributed by atoms with Crippen molar-refractivity contribution < 1.29 is 13.9 Å². The van der Waals surface area contributed by atoms with Gasteiger partial charge in [-0.2, -0.15) is 0 Å². The highest BCUT2D eigenvalue weighted by Gasteiger charge is 2.18. The van der Waals surface area contributed by atoms with Gasteiger partial charge in [0, 0.05) is 18.7 Å². The molecule has 0 bridgehead atoms. The summed E-state index contributed by atoms with van der Waals surface area (Å²) in [7, 11) is 1.46. The monoisotopic (exact) mass is 211 g/mol. The van der Waals surface area contributed by atoms with E-state index in [0.29, 0.717) is 12.2 Å². The first-order chi connectivity index (χ1) is 7.31. The van der Waals surface area contributed by atoms with Crippen LogP contribution in [0.4, 0.5) is 4.39 Å². The van der Waals surface area contributed by atoms with Crippen molar-refractivity contribution in [3.63, 3.8) is 0 Å². The first-order valence-electron chi connectivity index (χ1n) is 4.95. The molecule has 1 aliphatic rings. The molecule has 3 nitrogen and oxygen atoms in total. The van der Waals surface area contributed by atoms with Gasteiger partial charge < -0.3 is 14.8 Å². The molecule has 15 heavy (non-hydrogen) atoms. The van der Waals surface area contributed by atoms with Gasteiger partial charge in [0.15, 0.2) is 11.6 Å². The van der Waals surface area contributed by atoms with Gasteiger partial charge in [-0.15, -0.1) is 0 Å². The van der Waals surface area contributed by atoms with Crippen LogP contribution in [0.25, 0.3) is 0 Å². The fraction of sp³-hybridized carbons (Fsp3) is 0.455. The van der Waals surface area contributed by atoms with Crippen LogP contribution in [0.3, 0.4) is 0 Å². The third-order valence-corrected chi connectivity index (χ3v) is 2.48. The fourth-order valence-corrected chi connectivity index (χ4v) is 1.41. The Morgan fingerprint density at radius 2 is 2.27 bits per heavy atom. The minimum absolute atomic E-state index is 0.218. The van der Waals surface area contributed by atoms with Crippen molar-refractivity contribution >= 4 is 0 Å². The number of benzene rings is 1. The van der Waals surface area contributed by atoms with Gasteiger partial charge in [-0.3, -0.25) is 0 Å². The van der Waals surface area contributed by atoms with Crippen molar-refractivity contribution in [1.82, 2.24) is 5.32 Å². The Morgan fingerprint density at radius 1 is 1.47 bits per heavy atom. The van der Waals surface area contributed by atoms with Gasteiger partial charge in [-0.05, 0) is 6.07 Å². The van der Waals surface area contributed by atoms with Gasteiger partial charge in [0.05, 0.1) is 19.8 Å². The molecule has 1 saturated heterocycles. The van der Waals surface area contributed by atoms with Crippen LogP contribution in [0.2, 0.25) is 0 Å². The van der Waals surface area contributed by atoms with Crippen molar-refractivity contribution in [2.75, 3.05) is 20.2 Å². The maximum absolute atomic E-state index is 13.6. The molecule has 0 spiro atoms. The lowest BCUT2D eigenvalue weighted by Gasteiger charge is -2.27. The number of nitrogens with one attached hydrogen (secondary N) is 1. The lowest BCUT2D eigenvalue weighted by Crippen LogP contribution is -2.48. The molecule has 1 N–H and O–H groups in total. The smallest absolute Gasteiger partial charge is 0.170 e. The first-order valence-corrected chi connectivity index (χ1v) is 4.95. The summed E-state index contributed by atoms with van der Waals surface area (Å²) in [6.45, 7) is 2.01. The van der Waals surface area contributed by atoms with Crippen LogP contribution in [-0.4, -0.2) is 26.3 Å². The molecule has 0 aromatic heterocycles. The zero-order chi connectivity index (χ0) is 10.7. The average Bonchev–Trinajstić information content (AvgIpc) is 2.18. The van der Waals surface area contributed by atoms with E-state index >= 15 is 0 Å². The third-order valence-electron chi connectivity index (χ3n) is 2.48. The second kappa shape index (κ2) is 4.59. The Balaban J connectivity index is 2.00. The summed E-state index contributed by atoms with van der Waals surface area (Å²) in [6.07, 6.45) is 0.218. The lowest BCUT2D eigenvalue weighted by molar-refractivity contribution is 0.00624. The van der Waals surface area contributed by atoms with Gasteiger partial charge in [-0.25, -0.2) is 4.39 Å². The lowest BCUT2D eigenvalue weighted by atomic mass is 10.2. The van der Waals surface area contributed by atoms with E-state index < -0.39 is 0 Å². The standard InChI is InChI=1S/C11H14FNO2/c1-14-10-4-2-3-8(11(10)12)7-15-9-5-13-6-9/h2-4,9,13H,5-7H2,1H3. The van der Waals surface area contributed by atoms with E-state index in [0.717, 1.165) is 13.1 Å². The molecule has 0 saturated carbocycles. The SMILES string of the molecule is COc1cccc(COC2CNC2)c1F. The van der Waals surface area contributed by atoms with Crippen LogP contribution in [0, 0.1) is 5.82 Å². The molecular weight excluding hydrogens is 197 g/mol. The van der Waals surface area contributed by atoms with E-state index in [9.17, 15) is 4.39 Å². The Hall–Kier alpha value is -1.13. The molecular formula is C11H14FNO2.